The van der Waals surface area contributed by atoms with Crippen LogP contribution in [-0.2, 0) is 22.5 Å². The van der Waals surface area contributed by atoms with E-state index < -0.39 is 24.1 Å². The number of rotatable bonds is 7. The summed E-state index contributed by atoms with van der Waals surface area (Å²) < 4.78 is 44.6. The molecule has 27 heavy (non-hydrogen) atoms. The summed E-state index contributed by atoms with van der Waals surface area (Å²) in [5.41, 5.74) is 1.11. The number of carbonyl (C=O) groups excluding carboxylic acids is 2. The highest BCUT2D eigenvalue weighted by Gasteiger charge is 2.47. The van der Waals surface area contributed by atoms with Crippen LogP contribution in [0.1, 0.15) is 18.1 Å². The molecule has 2 aromatic carbocycles. The highest BCUT2D eigenvalue weighted by molar-refractivity contribution is 5.92. The maximum atomic E-state index is 13.2. The van der Waals surface area contributed by atoms with Crippen LogP contribution in [0.5, 0.6) is 0 Å². The second-order valence-corrected chi connectivity index (χ2v) is 5.88. The van der Waals surface area contributed by atoms with Gasteiger partial charge in [-0.3, -0.25) is 9.69 Å². The minimum atomic E-state index is -5.07. The maximum Gasteiger partial charge on any atom is 0.452 e. The molecule has 0 bridgehead atoms. The van der Waals surface area contributed by atoms with Gasteiger partial charge in [-0.25, -0.2) is 4.79 Å². The van der Waals surface area contributed by atoms with E-state index in [4.69, 9.17) is 4.74 Å². The number of ether oxygens (including phenoxy) is 1. The molecule has 1 atom stereocenters. The molecule has 4 nitrogen and oxygen atoms in total. The molecule has 0 aliphatic rings. The van der Waals surface area contributed by atoms with Crippen LogP contribution in [0.15, 0.2) is 60.7 Å². The third-order valence-corrected chi connectivity index (χ3v) is 3.93. The SMILES string of the molecule is CCOC(=O)N(Cc1ccccc1)C(Cc1ccccc1)C(=O)C(F)(F)F. The van der Waals surface area contributed by atoms with Crippen LogP contribution in [0.3, 0.4) is 0 Å². The van der Waals surface area contributed by atoms with Gasteiger partial charge in [0.25, 0.3) is 5.78 Å². The third-order valence-electron chi connectivity index (χ3n) is 3.93. The number of hydrogen-bond acceptors (Lipinski definition) is 3. The highest BCUT2D eigenvalue weighted by atomic mass is 19.4. The van der Waals surface area contributed by atoms with Crippen molar-refractivity contribution in [2.75, 3.05) is 6.61 Å². The Kier molecular flexibility index (Phi) is 6.98. The van der Waals surface area contributed by atoms with Gasteiger partial charge in [0, 0.05) is 13.0 Å². The van der Waals surface area contributed by atoms with Crippen LogP contribution in [0.4, 0.5) is 18.0 Å². The van der Waals surface area contributed by atoms with Gasteiger partial charge < -0.3 is 4.74 Å². The number of amides is 1. The first-order valence-corrected chi connectivity index (χ1v) is 8.45. The van der Waals surface area contributed by atoms with Gasteiger partial charge in [-0.1, -0.05) is 60.7 Å². The molecule has 2 rings (SSSR count). The van der Waals surface area contributed by atoms with Crippen LogP contribution >= 0.6 is 0 Å². The zero-order chi connectivity index (χ0) is 19.9. The van der Waals surface area contributed by atoms with Crippen molar-refractivity contribution in [1.82, 2.24) is 4.90 Å². The minimum Gasteiger partial charge on any atom is -0.450 e. The zero-order valence-electron chi connectivity index (χ0n) is 14.8. The molecular weight excluding hydrogens is 359 g/mol. The lowest BCUT2D eigenvalue weighted by atomic mass is 10.00. The number of benzene rings is 2. The molecule has 0 radical (unpaired) electrons. The predicted molar refractivity (Wildman–Crippen MR) is 94.0 cm³/mol. The van der Waals surface area contributed by atoms with E-state index in [9.17, 15) is 22.8 Å². The summed E-state index contributed by atoms with van der Waals surface area (Å²) in [6.45, 7) is 1.37. The van der Waals surface area contributed by atoms with Crippen LogP contribution in [0, 0.1) is 0 Å². The molecular formula is C20H20F3NO3. The van der Waals surface area contributed by atoms with E-state index in [1.54, 1.807) is 67.6 Å². The molecule has 0 saturated carbocycles. The molecule has 0 heterocycles. The molecule has 0 N–H and O–H groups in total. The summed E-state index contributed by atoms with van der Waals surface area (Å²) in [4.78, 5) is 25.4. The van der Waals surface area contributed by atoms with Gasteiger partial charge in [0.15, 0.2) is 0 Å². The normalized spacial score (nSPS) is 12.3. The van der Waals surface area contributed by atoms with Crippen molar-refractivity contribution in [3.8, 4) is 0 Å². The second kappa shape index (κ2) is 9.21. The second-order valence-electron chi connectivity index (χ2n) is 5.88. The molecule has 0 saturated heterocycles. The van der Waals surface area contributed by atoms with E-state index in [-0.39, 0.29) is 19.6 Å². The van der Waals surface area contributed by atoms with Crippen LogP contribution in [0.2, 0.25) is 0 Å². The van der Waals surface area contributed by atoms with Crippen molar-refractivity contribution in [3.63, 3.8) is 0 Å². The Balaban J connectivity index is 2.40. The molecule has 144 valence electrons. The average Bonchev–Trinajstić information content (AvgIpc) is 2.65. The quantitative estimate of drug-likeness (QED) is 0.717. The smallest absolute Gasteiger partial charge is 0.450 e. The fraction of sp³-hybridized carbons (Fsp3) is 0.300. The molecule has 0 aromatic heterocycles. The van der Waals surface area contributed by atoms with Gasteiger partial charge in [-0.2, -0.15) is 13.2 Å². The van der Waals surface area contributed by atoms with Gasteiger partial charge in [0.2, 0.25) is 0 Å². The van der Waals surface area contributed by atoms with Crippen molar-refractivity contribution in [1.29, 1.82) is 0 Å². The molecule has 1 amide bonds. The number of nitrogens with zero attached hydrogens (tertiary/aromatic N) is 1. The van der Waals surface area contributed by atoms with Crippen molar-refractivity contribution < 1.29 is 27.5 Å². The molecule has 0 spiro atoms. The van der Waals surface area contributed by atoms with E-state index in [1.807, 2.05) is 0 Å². The number of hydrogen-bond donors (Lipinski definition) is 0. The Labute approximate surface area is 155 Å². The first-order valence-electron chi connectivity index (χ1n) is 8.45. The van der Waals surface area contributed by atoms with Gasteiger partial charge >= 0.3 is 12.3 Å². The first kappa shape index (κ1) is 20.5. The fourth-order valence-corrected chi connectivity index (χ4v) is 2.66. The lowest BCUT2D eigenvalue weighted by Gasteiger charge is -2.30. The zero-order valence-corrected chi connectivity index (χ0v) is 14.8. The lowest BCUT2D eigenvalue weighted by molar-refractivity contribution is -0.176. The van der Waals surface area contributed by atoms with E-state index in [1.165, 1.54) is 0 Å². The van der Waals surface area contributed by atoms with Gasteiger partial charge in [-0.05, 0) is 18.1 Å². The third kappa shape index (κ3) is 5.84. The molecule has 0 fully saturated rings. The van der Waals surface area contributed by atoms with E-state index >= 15 is 0 Å². The van der Waals surface area contributed by atoms with Gasteiger partial charge in [0.1, 0.15) is 6.04 Å². The summed E-state index contributed by atoms with van der Waals surface area (Å²) >= 11 is 0. The Morgan fingerprint density at radius 3 is 1.96 bits per heavy atom. The van der Waals surface area contributed by atoms with Crippen LogP contribution in [0.25, 0.3) is 0 Å². The van der Waals surface area contributed by atoms with Gasteiger partial charge in [-0.15, -0.1) is 0 Å². The summed E-state index contributed by atoms with van der Waals surface area (Å²) in [6.07, 6.45) is -6.29. The predicted octanol–water partition coefficient (Wildman–Crippen LogP) is 4.39. The standard InChI is InChI=1S/C20H20F3NO3/c1-2-27-19(26)24(14-16-11-7-4-8-12-16)17(18(25)20(21,22)23)13-15-9-5-3-6-10-15/h3-12,17H,2,13-14H2,1H3. The number of Topliss-reactive ketones (excluding diaryl/α,β-unsaturated/α-hetero) is 1. The van der Waals surface area contributed by atoms with Crippen molar-refractivity contribution >= 4 is 11.9 Å². The molecule has 1 unspecified atom stereocenters. The Morgan fingerprint density at radius 2 is 1.48 bits per heavy atom. The highest BCUT2D eigenvalue weighted by Crippen LogP contribution is 2.25. The minimum absolute atomic E-state index is 0.0115. The summed E-state index contributed by atoms with van der Waals surface area (Å²) in [5.74, 6) is -1.98. The summed E-state index contributed by atoms with van der Waals surface area (Å²) in [7, 11) is 0. The van der Waals surface area contributed by atoms with Crippen LogP contribution in [-0.4, -0.2) is 35.6 Å². The lowest BCUT2D eigenvalue weighted by Crippen LogP contribution is -2.50. The monoisotopic (exact) mass is 379 g/mol. The van der Waals surface area contributed by atoms with Crippen molar-refractivity contribution in [3.05, 3.63) is 71.8 Å². The average molecular weight is 379 g/mol. The molecule has 2 aromatic rings. The fourth-order valence-electron chi connectivity index (χ4n) is 2.66. The van der Waals surface area contributed by atoms with Crippen molar-refractivity contribution in [2.24, 2.45) is 0 Å². The van der Waals surface area contributed by atoms with E-state index in [0.717, 1.165) is 4.90 Å². The maximum absolute atomic E-state index is 13.2. The molecule has 0 aliphatic carbocycles. The largest absolute Gasteiger partial charge is 0.452 e. The topological polar surface area (TPSA) is 46.6 Å². The summed E-state index contributed by atoms with van der Waals surface area (Å²) in [6, 6.07) is 15.1. The number of carbonyl (C=O) groups is 2. The number of alkyl halides is 3. The first-order chi connectivity index (χ1) is 12.8. The summed E-state index contributed by atoms with van der Waals surface area (Å²) in [5, 5.41) is 0. The molecule has 7 heteroatoms. The molecule has 0 aliphatic heterocycles. The van der Waals surface area contributed by atoms with Gasteiger partial charge in [0.05, 0.1) is 6.61 Å². The van der Waals surface area contributed by atoms with E-state index in [0.29, 0.717) is 11.1 Å². The Hall–Kier alpha value is -2.83. The Morgan fingerprint density at radius 1 is 0.963 bits per heavy atom. The Bertz CT molecular complexity index is 748. The van der Waals surface area contributed by atoms with E-state index in [2.05, 4.69) is 0 Å². The number of halogens is 3. The van der Waals surface area contributed by atoms with Crippen molar-refractivity contribution in [2.45, 2.75) is 32.1 Å². The number of ketones is 1. The van der Waals surface area contributed by atoms with Crippen LogP contribution < -0.4 is 0 Å².